The highest BCUT2D eigenvalue weighted by Gasteiger charge is 2.08. The molecule has 3 aromatic rings. The number of hydrogen-bond donors (Lipinski definition) is 1. The lowest BCUT2D eigenvalue weighted by Crippen LogP contribution is -1.96. The van der Waals surface area contributed by atoms with Gasteiger partial charge in [-0.2, -0.15) is 0 Å². The van der Waals surface area contributed by atoms with Gasteiger partial charge in [0.1, 0.15) is 5.01 Å². The molecule has 0 atom stereocenters. The van der Waals surface area contributed by atoms with Gasteiger partial charge in [0.2, 0.25) is 5.13 Å². The van der Waals surface area contributed by atoms with Crippen LogP contribution in [-0.2, 0) is 6.42 Å². The van der Waals surface area contributed by atoms with E-state index in [1.165, 1.54) is 0 Å². The zero-order valence-corrected chi connectivity index (χ0v) is 12.5. The summed E-state index contributed by atoms with van der Waals surface area (Å²) < 4.78 is 0. The van der Waals surface area contributed by atoms with Crippen LogP contribution in [0.2, 0.25) is 0 Å². The van der Waals surface area contributed by atoms with E-state index in [1.807, 2.05) is 32.0 Å². The molecule has 0 aliphatic heterocycles. The fourth-order valence-electron chi connectivity index (χ4n) is 1.99. The molecule has 0 saturated heterocycles. The van der Waals surface area contributed by atoms with Crippen molar-refractivity contribution in [3.63, 3.8) is 0 Å². The number of anilines is 2. The van der Waals surface area contributed by atoms with Crippen LogP contribution < -0.4 is 5.32 Å². The van der Waals surface area contributed by atoms with Gasteiger partial charge in [-0.25, -0.2) is 9.97 Å². The maximum absolute atomic E-state index is 4.48. The Balaban J connectivity index is 2.06. The highest BCUT2D eigenvalue weighted by atomic mass is 32.1. The second kappa shape index (κ2) is 5.13. The average Bonchev–Trinajstić information content (AvgIpc) is 2.85. The monoisotopic (exact) mass is 285 g/mol. The Bertz CT molecular complexity index is 760. The molecular formula is C14H15N5S. The predicted octanol–water partition coefficient (Wildman–Crippen LogP) is 3.40. The van der Waals surface area contributed by atoms with Crippen LogP contribution in [0.1, 0.15) is 23.3 Å². The molecule has 0 bridgehead atoms. The number of nitrogens with one attached hydrogen (secondary N) is 1. The van der Waals surface area contributed by atoms with Crippen molar-refractivity contribution in [2.45, 2.75) is 27.2 Å². The standard InChI is InChI=1S/C14H15N5S/c1-4-12-18-19-14(20-12)17-11-7-9(3)16-13-10(11)6-5-8(2)15-13/h5-7H,4H2,1-3H3,(H,15,16,17,19). The minimum atomic E-state index is 0.757. The lowest BCUT2D eigenvalue weighted by Gasteiger charge is -2.08. The van der Waals surface area contributed by atoms with Crippen LogP contribution in [0.25, 0.3) is 11.0 Å². The van der Waals surface area contributed by atoms with E-state index in [-0.39, 0.29) is 0 Å². The van der Waals surface area contributed by atoms with Crippen LogP contribution in [0.3, 0.4) is 0 Å². The number of rotatable bonds is 3. The minimum absolute atomic E-state index is 0.757. The van der Waals surface area contributed by atoms with Gasteiger partial charge < -0.3 is 5.32 Å². The summed E-state index contributed by atoms with van der Waals surface area (Å²) in [6.45, 7) is 6.00. The third-order valence-corrected chi connectivity index (χ3v) is 3.93. The fourth-order valence-corrected chi connectivity index (χ4v) is 2.68. The largest absolute Gasteiger partial charge is 0.329 e. The number of pyridine rings is 2. The first kappa shape index (κ1) is 12.9. The lowest BCUT2D eigenvalue weighted by molar-refractivity contribution is 0.986. The molecule has 0 spiro atoms. The van der Waals surface area contributed by atoms with Crippen molar-refractivity contribution in [1.82, 2.24) is 20.2 Å². The number of aromatic nitrogens is 4. The Morgan fingerprint density at radius 1 is 1.10 bits per heavy atom. The molecule has 0 aliphatic carbocycles. The highest BCUT2D eigenvalue weighted by molar-refractivity contribution is 7.15. The highest BCUT2D eigenvalue weighted by Crippen LogP contribution is 2.27. The van der Waals surface area contributed by atoms with Gasteiger partial charge in [-0.1, -0.05) is 18.3 Å². The van der Waals surface area contributed by atoms with E-state index >= 15 is 0 Å². The molecule has 0 radical (unpaired) electrons. The summed E-state index contributed by atoms with van der Waals surface area (Å²) in [5, 5.41) is 14.4. The van der Waals surface area contributed by atoms with Gasteiger partial charge in [0.15, 0.2) is 5.65 Å². The topological polar surface area (TPSA) is 63.6 Å². The van der Waals surface area contributed by atoms with E-state index in [1.54, 1.807) is 11.3 Å². The van der Waals surface area contributed by atoms with E-state index in [0.717, 1.165) is 44.7 Å². The van der Waals surface area contributed by atoms with Gasteiger partial charge >= 0.3 is 0 Å². The zero-order chi connectivity index (χ0) is 14.1. The summed E-state index contributed by atoms with van der Waals surface area (Å²) in [7, 11) is 0. The van der Waals surface area contributed by atoms with E-state index < -0.39 is 0 Å². The predicted molar refractivity (Wildman–Crippen MR) is 81.6 cm³/mol. The molecular weight excluding hydrogens is 270 g/mol. The van der Waals surface area contributed by atoms with Crippen LogP contribution in [0.15, 0.2) is 18.2 Å². The van der Waals surface area contributed by atoms with Gasteiger partial charge in [0.05, 0.1) is 5.69 Å². The van der Waals surface area contributed by atoms with E-state index in [9.17, 15) is 0 Å². The van der Waals surface area contributed by atoms with Crippen molar-refractivity contribution in [3.05, 3.63) is 34.6 Å². The molecule has 20 heavy (non-hydrogen) atoms. The summed E-state index contributed by atoms with van der Waals surface area (Å²) in [4.78, 5) is 8.95. The van der Waals surface area contributed by atoms with Crippen LogP contribution in [0.4, 0.5) is 10.8 Å². The Morgan fingerprint density at radius 2 is 1.90 bits per heavy atom. The third-order valence-electron chi connectivity index (χ3n) is 2.95. The van der Waals surface area contributed by atoms with Crippen LogP contribution in [0, 0.1) is 13.8 Å². The van der Waals surface area contributed by atoms with E-state index in [2.05, 4.69) is 32.4 Å². The number of nitrogens with zero attached hydrogens (tertiary/aromatic N) is 4. The number of fused-ring (bicyclic) bond motifs is 1. The maximum atomic E-state index is 4.48. The first-order valence-electron chi connectivity index (χ1n) is 6.50. The molecule has 1 N–H and O–H groups in total. The van der Waals surface area contributed by atoms with Crippen LogP contribution >= 0.6 is 11.3 Å². The summed E-state index contributed by atoms with van der Waals surface area (Å²) in [6.07, 6.45) is 0.899. The maximum Gasteiger partial charge on any atom is 0.210 e. The van der Waals surface area contributed by atoms with Crippen LogP contribution in [-0.4, -0.2) is 20.2 Å². The smallest absolute Gasteiger partial charge is 0.210 e. The normalized spacial score (nSPS) is 10.9. The Kier molecular flexibility index (Phi) is 3.31. The minimum Gasteiger partial charge on any atom is -0.329 e. The van der Waals surface area contributed by atoms with E-state index in [0.29, 0.717) is 0 Å². The molecule has 3 aromatic heterocycles. The molecule has 0 aliphatic rings. The second-order valence-electron chi connectivity index (χ2n) is 4.61. The van der Waals surface area contributed by atoms with Gasteiger partial charge in [-0.05, 0) is 38.5 Å². The van der Waals surface area contributed by atoms with Gasteiger partial charge in [0, 0.05) is 16.8 Å². The third kappa shape index (κ3) is 2.46. The molecule has 3 rings (SSSR count). The summed E-state index contributed by atoms with van der Waals surface area (Å²) in [5.74, 6) is 0. The zero-order valence-electron chi connectivity index (χ0n) is 11.6. The Morgan fingerprint density at radius 3 is 2.65 bits per heavy atom. The molecule has 0 amide bonds. The van der Waals surface area contributed by atoms with Crippen molar-refractivity contribution in [3.8, 4) is 0 Å². The molecule has 6 heteroatoms. The molecule has 0 saturated carbocycles. The summed E-state index contributed by atoms with van der Waals surface area (Å²) in [5.41, 5.74) is 3.62. The fraction of sp³-hybridized carbons (Fsp3) is 0.286. The van der Waals surface area contributed by atoms with Crippen molar-refractivity contribution in [1.29, 1.82) is 0 Å². The lowest BCUT2D eigenvalue weighted by atomic mass is 10.2. The first-order chi connectivity index (χ1) is 9.65. The van der Waals surface area contributed by atoms with Crippen molar-refractivity contribution in [2.24, 2.45) is 0 Å². The quantitative estimate of drug-likeness (QED) is 0.799. The average molecular weight is 285 g/mol. The molecule has 0 unspecified atom stereocenters. The molecule has 3 heterocycles. The SMILES string of the molecule is CCc1nnc(Nc2cc(C)nc3nc(C)ccc23)s1. The molecule has 102 valence electrons. The summed E-state index contributed by atoms with van der Waals surface area (Å²) >= 11 is 1.57. The Hall–Kier alpha value is -2.08. The van der Waals surface area contributed by atoms with Gasteiger partial charge in [0.25, 0.3) is 0 Å². The van der Waals surface area contributed by atoms with Crippen molar-refractivity contribution in [2.75, 3.05) is 5.32 Å². The number of aryl methyl sites for hydroxylation is 3. The van der Waals surface area contributed by atoms with E-state index in [4.69, 9.17) is 0 Å². The van der Waals surface area contributed by atoms with Crippen molar-refractivity contribution < 1.29 is 0 Å². The number of hydrogen-bond acceptors (Lipinski definition) is 6. The van der Waals surface area contributed by atoms with Gasteiger partial charge in [-0.15, -0.1) is 10.2 Å². The van der Waals surface area contributed by atoms with Gasteiger partial charge in [-0.3, -0.25) is 0 Å². The Labute approximate surface area is 121 Å². The first-order valence-corrected chi connectivity index (χ1v) is 7.32. The molecule has 5 nitrogen and oxygen atoms in total. The molecule has 0 aromatic carbocycles. The molecule has 0 fully saturated rings. The summed E-state index contributed by atoms with van der Waals surface area (Å²) in [6, 6.07) is 6.03. The van der Waals surface area contributed by atoms with Crippen LogP contribution in [0.5, 0.6) is 0 Å². The second-order valence-corrected chi connectivity index (χ2v) is 5.68. The van der Waals surface area contributed by atoms with Crippen molar-refractivity contribution >= 4 is 33.2 Å².